The van der Waals surface area contributed by atoms with Gasteiger partial charge in [-0.25, -0.2) is 19.7 Å². The zero-order valence-corrected chi connectivity index (χ0v) is 27.6. The van der Waals surface area contributed by atoms with Crippen LogP contribution in [0.1, 0.15) is 40.2 Å². The Balaban J connectivity index is 1.08. The predicted octanol–water partition coefficient (Wildman–Crippen LogP) is 2.54. The molecule has 4 heterocycles. The van der Waals surface area contributed by atoms with E-state index in [-0.39, 0.29) is 18.5 Å². The summed E-state index contributed by atoms with van der Waals surface area (Å²) in [5.74, 6) is 0.748. The van der Waals surface area contributed by atoms with Crippen LogP contribution in [0.25, 0.3) is 11.2 Å². The SMILES string of the molecule is O=C(NCCN1CCc2ccccc2C1)NCc1nc(NCC(c2ccccc2)c2ccccc2)c2ncn([C@@H]3O[C@H](CO)[C@@H](O)[C@H]3O)c2n1. The molecule has 2 aliphatic heterocycles. The standard InChI is InChI=1S/C37H42N8O5/c46-22-29-32(47)33(48)36(50-29)45-23-41-31-34(39-19-28(25-10-3-1-4-11-25)26-12-5-2-6-13-26)42-30(43-35(31)45)20-40-37(49)38-16-18-44-17-15-24-9-7-8-14-27(24)21-44/h1-14,23,28-29,32-33,36,46-48H,15-22H2,(H2,38,40,49)(H,39,42,43)/t29-,32-,33-,36-/m1/s1. The minimum atomic E-state index is -1.32. The summed E-state index contributed by atoms with van der Waals surface area (Å²) in [5, 5.41) is 40.2. The van der Waals surface area contributed by atoms with Crippen LogP contribution < -0.4 is 16.0 Å². The number of ether oxygens (including phenoxy) is 1. The Hall–Kier alpha value is -4.92. The molecule has 0 radical (unpaired) electrons. The molecule has 1 fully saturated rings. The number of carbonyl (C=O) groups excluding carboxylic acids is 1. The van der Waals surface area contributed by atoms with Crippen LogP contribution in [-0.2, 0) is 24.2 Å². The molecule has 0 bridgehead atoms. The average Bonchev–Trinajstić information content (AvgIpc) is 3.71. The number of nitrogens with one attached hydrogen (secondary N) is 3. The van der Waals surface area contributed by atoms with Crippen molar-refractivity contribution in [3.63, 3.8) is 0 Å². The summed E-state index contributed by atoms with van der Waals surface area (Å²) in [6.45, 7) is 3.07. The van der Waals surface area contributed by atoms with Crippen molar-refractivity contribution in [1.29, 1.82) is 0 Å². The van der Waals surface area contributed by atoms with Crippen molar-refractivity contribution in [2.24, 2.45) is 0 Å². The molecule has 2 amide bonds. The second-order valence-electron chi connectivity index (χ2n) is 12.7. The fraction of sp³-hybridized carbons (Fsp3) is 0.351. The van der Waals surface area contributed by atoms with Crippen molar-refractivity contribution in [3.8, 4) is 0 Å². The van der Waals surface area contributed by atoms with Gasteiger partial charge in [0.15, 0.2) is 29.0 Å². The van der Waals surface area contributed by atoms with Gasteiger partial charge >= 0.3 is 6.03 Å². The fourth-order valence-corrected chi connectivity index (χ4v) is 6.75. The van der Waals surface area contributed by atoms with Crippen LogP contribution >= 0.6 is 0 Å². The van der Waals surface area contributed by atoms with Gasteiger partial charge in [-0.05, 0) is 28.7 Å². The molecule has 5 aromatic rings. The van der Waals surface area contributed by atoms with Crippen LogP contribution in [0.15, 0.2) is 91.3 Å². The highest BCUT2D eigenvalue weighted by molar-refractivity contribution is 5.83. The molecule has 0 aliphatic carbocycles. The predicted molar refractivity (Wildman–Crippen MR) is 187 cm³/mol. The Kier molecular flexibility index (Phi) is 10.3. The molecule has 260 valence electrons. The topological polar surface area (TPSA) is 170 Å². The number of benzene rings is 3. The third-order valence-electron chi connectivity index (χ3n) is 9.47. The van der Waals surface area contributed by atoms with E-state index in [0.717, 1.165) is 37.2 Å². The molecular weight excluding hydrogens is 636 g/mol. The summed E-state index contributed by atoms with van der Waals surface area (Å²) < 4.78 is 7.33. The van der Waals surface area contributed by atoms with Gasteiger partial charge in [0.05, 0.1) is 19.5 Å². The maximum Gasteiger partial charge on any atom is 0.315 e. The van der Waals surface area contributed by atoms with Crippen molar-refractivity contribution in [1.82, 2.24) is 35.1 Å². The summed E-state index contributed by atoms with van der Waals surface area (Å²) in [5.41, 5.74) is 5.74. The number of hydrogen-bond acceptors (Lipinski definition) is 10. The van der Waals surface area contributed by atoms with E-state index in [2.05, 4.69) is 74.4 Å². The number of aliphatic hydroxyl groups is 3. The smallest absolute Gasteiger partial charge is 0.315 e. The largest absolute Gasteiger partial charge is 0.394 e. The molecule has 50 heavy (non-hydrogen) atoms. The molecule has 4 atom stereocenters. The van der Waals surface area contributed by atoms with Crippen molar-refractivity contribution >= 4 is 23.0 Å². The lowest BCUT2D eigenvalue weighted by atomic mass is 9.91. The molecular formula is C37H42N8O5. The number of amides is 2. The second-order valence-corrected chi connectivity index (χ2v) is 12.7. The highest BCUT2D eigenvalue weighted by Gasteiger charge is 2.44. The summed E-state index contributed by atoms with van der Waals surface area (Å²) in [4.78, 5) is 29.2. The highest BCUT2D eigenvalue weighted by Crippen LogP contribution is 2.33. The Morgan fingerprint density at radius 3 is 2.30 bits per heavy atom. The van der Waals surface area contributed by atoms with Gasteiger partial charge in [-0.3, -0.25) is 9.47 Å². The van der Waals surface area contributed by atoms with Crippen molar-refractivity contribution in [2.45, 2.75) is 50.0 Å². The number of anilines is 1. The highest BCUT2D eigenvalue weighted by atomic mass is 16.6. The van der Waals surface area contributed by atoms with Gasteiger partial charge in [-0.2, -0.15) is 0 Å². The number of aromatic nitrogens is 4. The fourth-order valence-electron chi connectivity index (χ4n) is 6.75. The maximum atomic E-state index is 12.9. The van der Waals surface area contributed by atoms with Crippen LogP contribution in [-0.4, -0.2) is 96.9 Å². The van der Waals surface area contributed by atoms with Gasteiger partial charge < -0.3 is 36.0 Å². The van der Waals surface area contributed by atoms with E-state index in [4.69, 9.17) is 14.7 Å². The molecule has 13 heteroatoms. The lowest BCUT2D eigenvalue weighted by Crippen LogP contribution is -2.41. The number of rotatable bonds is 12. The van der Waals surface area contributed by atoms with Gasteiger partial charge in [0, 0.05) is 38.6 Å². The minimum absolute atomic E-state index is 0.00863. The zero-order valence-electron chi connectivity index (χ0n) is 27.6. The van der Waals surface area contributed by atoms with Crippen LogP contribution in [0.3, 0.4) is 0 Å². The number of fused-ring (bicyclic) bond motifs is 2. The molecule has 6 N–H and O–H groups in total. The van der Waals surface area contributed by atoms with Crippen LogP contribution in [0.4, 0.5) is 10.6 Å². The summed E-state index contributed by atoms with van der Waals surface area (Å²) >= 11 is 0. The van der Waals surface area contributed by atoms with Gasteiger partial charge in [-0.15, -0.1) is 0 Å². The van der Waals surface area contributed by atoms with E-state index < -0.39 is 31.1 Å². The van der Waals surface area contributed by atoms with E-state index >= 15 is 0 Å². The molecule has 3 aromatic carbocycles. The van der Waals surface area contributed by atoms with Crippen molar-refractivity contribution < 1.29 is 24.9 Å². The summed E-state index contributed by atoms with van der Waals surface area (Å²) in [6.07, 6.45) is -2.15. The monoisotopic (exact) mass is 678 g/mol. The lowest BCUT2D eigenvalue weighted by Gasteiger charge is -2.28. The third kappa shape index (κ3) is 7.32. The van der Waals surface area contributed by atoms with Crippen LogP contribution in [0, 0.1) is 0 Å². The molecule has 1 saturated heterocycles. The van der Waals surface area contributed by atoms with Crippen molar-refractivity contribution in [3.05, 3.63) is 119 Å². The molecule has 0 saturated carbocycles. The molecule has 2 aliphatic rings. The molecule has 2 aromatic heterocycles. The molecule has 13 nitrogen and oxygen atoms in total. The Morgan fingerprint density at radius 1 is 0.900 bits per heavy atom. The number of hydrogen-bond donors (Lipinski definition) is 6. The summed E-state index contributed by atoms with van der Waals surface area (Å²) in [6, 6.07) is 28.5. The zero-order chi connectivity index (χ0) is 34.5. The van der Waals surface area contributed by atoms with Crippen LogP contribution in [0.5, 0.6) is 0 Å². The Labute approximate surface area is 290 Å². The van der Waals surface area contributed by atoms with E-state index in [0.29, 0.717) is 35.9 Å². The number of aliphatic hydroxyl groups excluding tert-OH is 3. The molecule has 7 rings (SSSR count). The minimum Gasteiger partial charge on any atom is -0.394 e. The Bertz CT molecular complexity index is 1850. The maximum absolute atomic E-state index is 12.9. The second kappa shape index (κ2) is 15.3. The molecule has 0 unspecified atom stereocenters. The first-order chi connectivity index (χ1) is 24.5. The first-order valence-electron chi connectivity index (χ1n) is 17.0. The lowest BCUT2D eigenvalue weighted by molar-refractivity contribution is -0.0511. The summed E-state index contributed by atoms with van der Waals surface area (Å²) in [7, 11) is 0. The first-order valence-corrected chi connectivity index (χ1v) is 17.0. The molecule has 0 spiro atoms. The van der Waals surface area contributed by atoms with Gasteiger partial charge in [0.25, 0.3) is 0 Å². The number of carbonyl (C=O) groups is 1. The normalized spacial score (nSPS) is 20.6. The number of urea groups is 1. The van der Waals surface area contributed by atoms with E-state index in [9.17, 15) is 20.1 Å². The van der Waals surface area contributed by atoms with Gasteiger partial charge in [0.1, 0.15) is 18.3 Å². The first kappa shape index (κ1) is 33.6. The van der Waals surface area contributed by atoms with Gasteiger partial charge in [0.2, 0.25) is 0 Å². The average molecular weight is 679 g/mol. The van der Waals surface area contributed by atoms with E-state index in [1.54, 1.807) is 0 Å². The van der Waals surface area contributed by atoms with E-state index in [1.807, 2.05) is 36.4 Å². The van der Waals surface area contributed by atoms with E-state index in [1.165, 1.54) is 22.0 Å². The third-order valence-corrected chi connectivity index (χ3v) is 9.47. The van der Waals surface area contributed by atoms with Crippen molar-refractivity contribution in [2.75, 3.05) is 38.1 Å². The van der Waals surface area contributed by atoms with Gasteiger partial charge in [-0.1, -0.05) is 84.9 Å². The number of nitrogens with zero attached hydrogens (tertiary/aromatic N) is 5. The van der Waals surface area contributed by atoms with Crippen LogP contribution in [0.2, 0.25) is 0 Å². The number of imidazole rings is 1. The quantitative estimate of drug-likeness (QED) is 0.115. The Morgan fingerprint density at radius 2 is 1.60 bits per heavy atom.